The first-order valence-electron chi connectivity index (χ1n) is 7.50. The Hall–Kier alpha value is -3.42. The van der Waals surface area contributed by atoms with Gasteiger partial charge in [0, 0.05) is 11.6 Å². The molecule has 0 radical (unpaired) electrons. The molecule has 0 aliphatic rings. The maximum absolute atomic E-state index is 13.1. The first-order valence-corrected chi connectivity index (χ1v) is 7.50. The van der Waals surface area contributed by atoms with Crippen LogP contribution in [0.2, 0.25) is 0 Å². The summed E-state index contributed by atoms with van der Waals surface area (Å²) < 4.78 is 18.9. The Morgan fingerprint density at radius 3 is 2.76 bits per heavy atom. The van der Waals surface area contributed by atoms with Crippen LogP contribution < -0.4 is 15.8 Å². The van der Waals surface area contributed by atoms with Crippen LogP contribution in [0, 0.1) is 12.7 Å². The number of rotatable bonds is 5. The van der Waals surface area contributed by atoms with E-state index in [1.807, 2.05) is 13.0 Å². The highest BCUT2D eigenvalue weighted by Crippen LogP contribution is 2.31. The van der Waals surface area contributed by atoms with Gasteiger partial charge < -0.3 is 15.8 Å². The Labute approximate surface area is 143 Å². The minimum atomic E-state index is -0.624. The molecule has 2 aromatic heterocycles. The summed E-state index contributed by atoms with van der Waals surface area (Å²) in [6.45, 7) is 2.07. The van der Waals surface area contributed by atoms with E-state index in [2.05, 4.69) is 20.5 Å². The van der Waals surface area contributed by atoms with Crippen molar-refractivity contribution in [3.63, 3.8) is 0 Å². The molecule has 0 saturated carbocycles. The first-order chi connectivity index (χ1) is 12.0. The summed E-state index contributed by atoms with van der Waals surface area (Å²) in [4.78, 5) is 15.2. The number of hydrogen-bond acceptors (Lipinski definition) is 4. The zero-order chi connectivity index (χ0) is 17.8. The van der Waals surface area contributed by atoms with Crippen molar-refractivity contribution < 1.29 is 13.9 Å². The van der Waals surface area contributed by atoms with Gasteiger partial charge in [0.05, 0.1) is 18.4 Å². The van der Waals surface area contributed by atoms with Gasteiger partial charge in [-0.25, -0.2) is 14.2 Å². The van der Waals surface area contributed by atoms with Crippen molar-refractivity contribution in [1.82, 2.24) is 20.5 Å². The van der Waals surface area contributed by atoms with Gasteiger partial charge in [0.1, 0.15) is 11.5 Å². The average molecular weight is 341 g/mol. The number of hydrogen-bond donors (Lipinski definition) is 3. The number of benzene rings is 1. The lowest BCUT2D eigenvalue weighted by molar-refractivity contribution is 0.248. The molecule has 0 unspecified atom stereocenters. The number of halogens is 1. The Morgan fingerprint density at radius 2 is 2.04 bits per heavy atom. The summed E-state index contributed by atoms with van der Waals surface area (Å²) >= 11 is 0. The van der Waals surface area contributed by atoms with Crippen LogP contribution >= 0.6 is 0 Å². The van der Waals surface area contributed by atoms with Crippen molar-refractivity contribution in [2.24, 2.45) is 5.73 Å². The summed E-state index contributed by atoms with van der Waals surface area (Å²) in [5.41, 5.74) is 7.97. The number of urea groups is 1. The molecule has 0 bridgehead atoms. The predicted octanol–water partition coefficient (Wildman–Crippen LogP) is 2.88. The fraction of sp³-hybridized carbons (Fsp3) is 0.118. The van der Waals surface area contributed by atoms with Crippen LogP contribution in [0.3, 0.4) is 0 Å². The van der Waals surface area contributed by atoms with E-state index in [1.54, 1.807) is 18.2 Å². The monoisotopic (exact) mass is 341 g/mol. The summed E-state index contributed by atoms with van der Waals surface area (Å²) in [7, 11) is 0. The molecule has 0 fully saturated rings. The zero-order valence-corrected chi connectivity index (χ0v) is 13.4. The van der Waals surface area contributed by atoms with Gasteiger partial charge in [0.25, 0.3) is 0 Å². The van der Waals surface area contributed by atoms with Gasteiger partial charge in [-0.2, -0.15) is 5.10 Å². The third kappa shape index (κ3) is 3.92. The maximum Gasteiger partial charge on any atom is 0.312 e. The fourth-order valence-electron chi connectivity index (χ4n) is 2.25. The van der Waals surface area contributed by atoms with Gasteiger partial charge in [-0.1, -0.05) is 6.07 Å². The highest BCUT2D eigenvalue weighted by molar-refractivity contribution is 5.71. The van der Waals surface area contributed by atoms with Gasteiger partial charge in [-0.3, -0.25) is 5.10 Å². The minimum Gasteiger partial charge on any atom is -0.435 e. The predicted molar refractivity (Wildman–Crippen MR) is 89.5 cm³/mol. The summed E-state index contributed by atoms with van der Waals surface area (Å²) in [6.07, 6.45) is 1.52. The molecule has 8 heteroatoms. The molecule has 7 nitrogen and oxygen atoms in total. The molecule has 1 aromatic carbocycles. The number of aryl methyl sites for hydroxylation is 1. The van der Waals surface area contributed by atoms with Crippen molar-refractivity contribution in [2.75, 3.05) is 0 Å². The SMILES string of the molecule is Cc1ccc(Oc2cn[nH]c2-c2ccc(F)cc2)nc1CNC(N)=O. The lowest BCUT2D eigenvalue weighted by Crippen LogP contribution is -2.29. The van der Waals surface area contributed by atoms with Gasteiger partial charge in [-0.15, -0.1) is 0 Å². The van der Waals surface area contributed by atoms with Gasteiger partial charge in [0.15, 0.2) is 5.75 Å². The van der Waals surface area contributed by atoms with E-state index in [1.165, 1.54) is 18.3 Å². The second-order valence-electron chi connectivity index (χ2n) is 5.35. The Balaban J connectivity index is 1.84. The molecule has 128 valence electrons. The van der Waals surface area contributed by atoms with E-state index >= 15 is 0 Å². The van der Waals surface area contributed by atoms with Gasteiger partial charge in [0.2, 0.25) is 5.88 Å². The second kappa shape index (κ2) is 7.00. The molecule has 2 heterocycles. The number of pyridine rings is 1. The van der Waals surface area contributed by atoms with E-state index in [4.69, 9.17) is 10.5 Å². The Kier molecular flexibility index (Phi) is 4.60. The minimum absolute atomic E-state index is 0.203. The molecular formula is C17H16FN5O2. The Morgan fingerprint density at radius 1 is 1.28 bits per heavy atom. The van der Waals surface area contributed by atoms with Crippen LogP contribution in [0.1, 0.15) is 11.3 Å². The third-order valence-corrected chi connectivity index (χ3v) is 3.56. The first kappa shape index (κ1) is 16.4. The Bertz CT molecular complexity index is 892. The molecule has 2 amide bonds. The fourth-order valence-corrected chi connectivity index (χ4v) is 2.25. The van der Waals surface area contributed by atoms with E-state index in [9.17, 15) is 9.18 Å². The third-order valence-electron chi connectivity index (χ3n) is 3.56. The van der Waals surface area contributed by atoms with Gasteiger partial charge in [-0.05, 0) is 36.8 Å². The largest absolute Gasteiger partial charge is 0.435 e. The van der Waals surface area contributed by atoms with E-state index in [-0.39, 0.29) is 12.4 Å². The van der Waals surface area contributed by atoms with Crippen LogP contribution in [0.4, 0.5) is 9.18 Å². The highest BCUT2D eigenvalue weighted by Gasteiger charge is 2.12. The topological polar surface area (TPSA) is 106 Å². The number of carbonyl (C=O) groups is 1. The number of aromatic amines is 1. The molecule has 3 rings (SSSR count). The normalized spacial score (nSPS) is 10.5. The molecule has 3 aromatic rings. The molecule has 0 atom stereocenters. The lowest BCUT2D eigenvalue weighted by Gasteiger charge is -2.09. The molecule has 0 spiro atoms. The van der Waals surface area contributed by atoms with E-state index in [0.717, 1.165) is 11.1 Å². The van der Waals surface area contributed by atoms with Crippen molar-refractivity contribution in [3.05, 3.63) is 59.7 Å². The summed E-state index contributed by atoms with van der Waals surface area (Å²) in [5, 5.41) is 9.30. The van der Waals surface area contributed by atoms with Gasteiger partial charge >= 0.3 is 6.03 Å². The average Bonchev–Trinajstić information content (AvgIpc) is 3.04. The van der Waals surface area contributed by atoms with Crippen LogP contribution in [0.25, 0.3) is 11.3 Å². The zero-order valence-electron chi connectivity index (χ0n) is 13.4. The lowest BCUT2D eigenvalue weighted by atomic mass is 10.1. The van der Waals surface area contributed by atoms with Crippen LogP contribution in [0.15, 0.2) is 42.6 Å². The standard InChI is InChI=1S/C17H16FN5O2/c1-10-2-7-15(22-13(10)8-20-17(19)24)25-14-9-21-23-16(14)11-3-5-12(18)6-4-11/h2-7,9H,8H2,1H3,(H,21,23)(H3,19,20,24). The maximum atomic E-state index is 13.1. The number of nitrogens with zero attached hydrogens (tertiary/aromatic N) is 2. The summed E-state index contributed by atoms with van der Waals surface area (Å²) in [6, 6.07) is 8.89. The van der Waals surface area contributed by atoms with Crippen molar-refractivity contribution >= 4 is 6.03 Å². The van der Waals surface area contributed by atoms with Crippen molar-refractivity contribution in [3.8, 4) is 22.9 Å². The molecule has 0 aliphatic heterocycles. The van der Waals surface area contributed by atoms with Crippen LogP contribution in [0.5, 0.6) is 11.6 Å². The smallest absolute Gasteiger partial charge is 0.312 e. The van der Waals surface area contributed by atoms with Crippen molar-refractivity contribution in [2.45, 2.75) is 13.5 Å². The molecule has 0 aliphatic carbocycles. The second-order valence-corrected chi connectivity index (χ2v) is 5.35. The molecule has 0 saturated heterocycles. The van der Waals surface area contributed by atoms with Crippen LogP contribution in [-0.4, -0.2) is 21.2 Å². The molecule has 4 N–H and O–H groups in total. The summed E-state index contributed by atoms with van der Waals surface area (Å²) in [5.74, 6) is 0.478. The highest BCUT2D eigenvalue weighted by atomic mass is 19.1. The van der Waals surface area contributed by atoms with Crippen LogP contribution in [-0.2, 0) is 6.54 Å². The molecule has 25 heavy (non-hydrogen) atoms. The number of carbonyl (C=O) groups excluding carboxylic acids is 1. The van der Waals surface area contributed by atoms with E-state index < -0.39 is 6.03 Å². The number of H-pyrrole nitrogens is 1. The number of aromatic nitrogens is 3. The van der Waals surface area contributed by atoms with Crippen molar-refractivity contribution in [1.29, 1.82) is 0 Å². The number of ether oxygens (including phenoxy) is 1. The number of amides is 2. The number of nitrogens with two attached hydrogens (primary N) is 1. The number of nitrogens with one attached hydrogen (secondary N) is 2. The molecular weight excluding hydrogens is 325 g/mol. The van der Waals surface area contributed by atoms with E-state index in [0.29, 0.717) is 23.0 Å². The number of primary amides is 1. The quantitative estimate of drug-likeness (QED) is 0.663.